The fraction of sp³-hybridized carbons (Fsp3) is 0.348. The van der Waals surface area contributed by atoms with E-state index in [-0.39, 0.29) is 0 Å². The summed E-state index contributed by atoms with van der Waals surface area (Å²) in [6.07, 6.45) is 4.78. The SMILES string of the molecule is CCN1CCCN(CCNc2nccc(-c3c(-c4cccc(OC)c4)nc4sccn34)n2)[S+]1[O-]. The molecule has 0 amide bonds. The molecular weight excluding hydrogens is 470 g/mol. The van der Waals surface area contributed by atoms with Crippen molar-refractivity contribution in [3.8, 4) is 28.4 Å². The van der Waals surface area contributed by atoms with Crippen molar-refractivity contribution in [2.24, 2.45) is 0 Å². The molecule has 1 unspecified atom stereocenters. The lowest BCUT2D eigenvalue weighted by Crippen LogP contribution is -2.50. The quantitative estimate of drug-likeness (QED) is 0.370. The van der Waals surface area contributed by atoms with Crippen molar-refractivity contribution in [2.45, 2.75) is 13.3 Å². The highest BCUT2D eigenvalue weighted by Gasteiger charge is 2.31. The molecule has 5 rings (SSSR count). The summed E-state index contributed by atoms with van der Waals surface area (Å²) >= 11 is 0.505. The highest BCUT2D eigenvalue weighted by molar-refractivity contribution is 7.86. The van der Waals surface area contributed by atoms with Crippen molar-refractivity contribution in [1.29, 1.82) is 0 Å². The number of methoxy groups -OCH3 is 1. The number of hydrogen-bond acceptors (Lipinski definition) is 9. The standard InChI is InChI=1S/C23H27N7O2S2/c1-3-28-11-5-12-29(34(28)31)13-10-25-22-24-9-8-19(26-22)21-20(27-23-30(21)14-15-33-23)17-6-4-7-18(16-17)32-2/h4,6-9,14-16H,3,5,10-13H2,1-2H3,(H,24,25,26). The fourth-order valence-corrected chi connectivity index (χ4v) is 6.15. The first-order valence-electron chi connectivity index (χ1n) is 11.3. The molecule has 1 aliphatic rings. The van der Waals surface area contributed by atoms with Crippen molar-refractivity contribution in [3.63, 3.8) is 0 Å². The summed E-state index contributed by atoms with van der Waals surface area (Å²) in [6, 6.07) is 9.78. The molecule has 1 atom stereocenters. The minimum atomic E-state index is -1.08. The largest absolute Gasteiger partial charge is 0.578 e. The van der Waals surface area contributed by atoms with Gasteiger partial charge in [-0.25, -0.2) is 15.0 Å². The van der Waals surface area contributed by atoms with Gasteiger partial charge in [-0.3, -0.25) is 4.40 Å². The Balaban J connectivity index is 1.38. The fourth-order valence-electron chi connectivity index (χ4n) is 4.07. The van der Waals surface area contributed by atoms with E-state index in [9.17, 15) is 4.55 Å². The first kappa shape index (κ1) is 23.1. The van der Waals surface area contributed by atoms with Gasteiger partial charge in [-0.2, -0.15) is 0 Å². The van der Waals surface area contributed by atoms with Gasteiger partial charge >= 0.3 is 0 Å². The second-order valence-electron chi connectivity index (χ2n) is 7.82. The second-order valence-corrected chi connectivity index (χ2v) is 10.2. The monoisotopic (exact) mass is 497 g/mol. The number of imidazole rings is 1. The van der Waals surface area contributed by atoms with E-state index in [4.69, 9.17) is 14.7 Å². The molecule has 1 fully saturated rings. The number of nitrogens with zero attached hydrogens (tertiary/aromatic N) is 6. The lowest BCUT2D eigenvalue weighted by Gasteiger charge is -2.34. The molecule has 4 heterocycles. The maximum absolute atomic E-state index is 12.6. The number of fused-ring (bicyclic) bond motifs is 1. The smallest absolute Gasteiger partial charge is 0.223 e. The van der Waals surface area contributed by atoms with E-state index in [1.807, 2.05) is 57.4 Å². The van der Waals surface area contributed by atoms with Gasteiger partial charge in [-0.05, 0) is 31.5 Å². The Bertz CT molecular complexity index is 1260. The third-order valence-electron chi connectivity index (χ3n) is 5.76. The predicted octanol–water partition coefficient (Wildman–Crippen LogP) is 3.55. The summed E-state index contributed by atoms with van der Waals surface area (Å²) in [7, 11) is 1.66. The number of hydrogen-bond donors (Lipinski definition) is 1. The van der Waals surface area contributed by atoms with Crippen LogP contribution in [0.1, 0.15) is 13.3 Å². The maximum atomic E-state index is 12.6. The second kappa shape index (κ2) is 10.3. The third kappa shape index (κ3) is 4.62. The Morgan fingerprint density at radius 2 is 2.09 bits per heavy atom. The van der Waals surface area contributed by atoms with Crippen LogP contribution in [0.3, 0.4) is 0 Å². The van der Waals surface area contributed by atoms with E-state index >= 15 is 0 Å². The predicted molar refractivity (Wildman–Crippen MR) is 136 cm³/mol. The number of ether oxygens (including phenoxy) is 1. The maximum Gasteiger partial charge on any atom is 0.223 e. The van der Waals surface area contributed by atoms with Gasteiger partial charge in [0.05, 0.1) is 25.0 Å². The first-order valence-corrected chi connectivity index (χ1v) is 13.2. The molecule has 34 heavy (non-hydrogen) atoms. The minimum absolute atomic E-state index is 0.536. The van der Waals surface area contributed by atoms with Gasteiger partial charge < -0.3 is 14.6 Å². The molecule has 1 N–H and O–H groups in total. The van der Waals surface area contributed by atoms with Crippen LogP contribution in [0.25, 0.3) is 27.6 Å². The van der Waals surface area contributed by atoms with Crippen molar-refractivity contribution >= 4 is 33.8 Å². The molecule has 9 nitrogen and oxygen atoms in total. The molecule has 1 aliphatic heterocycles. The van der Waals surface area contributed by atoms with Crippen LogP contribution in [0.5, 0.6) is 5.75 Å². The van der Waals surface area contributed by atoms with E-state index in [0.717, 1.165) is 59.4 Å². The number of nitrogens with one attached hydrogen (secondary N) is 1. The average molecular weight is 498 g/mol. The Hall–Kier alpha value is -2.70. The van der Waals surface area contributed by atoms with E-state index in [1.165, 1.54) is 0 Å². The zero-order valence-corrected chi connectivity index (χ0v) is 20.8. The number of rotatable bonds is 8. The Kier molecular flexibility index (Phi) is 6.97. The lowest BCUT2D eigenvalue weighted by atomic mass is 10.1. The van der Waals surface area contributed by atoms with Crippen molar-refractivity contribution in [3.05, 3.63) is 48.1 Å². The highest BCUT2D eigenvalue weighted by Crippen LogP contribution is 2.34. The number of aromatic nitrogens is 4. The zero-order valence-electron chi connectivity index (χ0n) is 19.2. The summed E-state index contributed by atoms with van der Waals surface area (Å²) < 4.78 is 24.1. The Labute approximate surface area is 205 Å². The van der Waals surface area contributed by atoms with Crippen molar-refractivity contribution < 1.29 is 9.29 Å². The van der Waals surface area contributed by atoms with Crippen LogP contribution in [0.4, 0.5) is 5.95 Å². The van der Waals surface area contributed by atoms with Gasteiger partial charge in [-0.15, -0.1) is 19.9 Å². The highest BCUT2D eigenvalue weighted by atomic mass is 32.2. The summed E-state index contributed by atoms with van der Waals surface area (Å²) in [5.74, 6) is 1.32. The molecule has 0 bridgehead atoms. The minimum Gasteiger partial charge on any atom is -0.578 e. The van der Waals surface area contributed by atoms with Crippen LogP contribution in [0, 0.1) is 0 Å². The topological polar surface area (TPSA) is 93.9 Å². The Morgan fingerprint density at radius 3 is 2.94 bits per heavy atom. The molecule has 3 aromatic heterocycles. The van der Waals surface area contributed by atoms with Gasteiger partial charge in [0.15, 0.2) is 4.96 Å². The number of thiazole rings is 1. The lowest BCUT2D eigenvalue weighted by molar-refractivity contribution is 0.294. The molecule has 11 heteroatoms. The van der Waals surface area contributed by atoms with Crippen LogP contribution < -0.4 is 10.1 Å². The van der Waals surface area contributed by atoms with E-state index < -0.39 is 11.5 Å². The van der Waals surface area contributed by atoms with Gasteiger partial charge in [0.1, 0.15) is 23.0 Å². The normalized spacial score (nSPS) is 17.3. The summed E-state index contributed by atoms with van der Waals surface area (Å²) in [5.41, 5.74) is 3.50. The molecule has 0 radical (unpaired) electrons. The van der Waals surface area contributed by atoms with Crippen LogP contribution in [0.15, 0.2) is 48.1 Å². The van der Waals surface area contributed by atoms with Crippen molar-refractivity contribution in [1.82, 2.24) is 28.0 Å². The van der Waals surface area contributed by atoms with Crippen molar-refractivity contribution in [2.75, 3.05) is 45.2 Å². The molecule has 178 valence electrons. The van der Waals surface area contributed by atoms with Gasteiger partial charge in [0.25, 0.3) is 0 Å². The summed E-state index contributed by atoms with van der Waals surface area (Å²) in [4.78, 5) is 15.0. The van der Waals surface area contributed by atoms with Crippen LogP contribution in [-0.2, 0) is 11.5 Å². The van der Waals surface area contributed by atoms with Gasteiger partial charge in [0.2, 0.25) is 5.95 Å². The molecule has 0 saturated carbocycles. The molecule has 0 aliphatic carbocycles. The summed E-state index contributed by atoms with van der Waals surface area (Å²) in [6.45, 7) is 5.82. The van der Waals surface area contributed by atoms with E-state index in [0.29, 0.717) is 19.0 Å². The van der Waals surface area contributed by atoms with E-state index in [1.54, 1.807) is 24.6 Å². The molecule has 1 aromatic carbocycles. The number of anilines is 1. The zero-order chi connectivity index (χ0) is 23.5. The average Bonchev–Trinajstić information content (AvgIpc) is 3.47. The van der Waals surface area contributed by atoms with Gasteiger partial charge in [-0.1, -0.05) is 12.1 Å². The van der Waals surface area contributed by atoms with Gasteiger partial charge in [0, 0.05) is 49.5 Å². The molecule has 4 aromatic rings. The third-order valence-corrected chi connectivity index (χ3v) is 8.20. The molecule has 1 saturated heterocycles. The summed E-state index contributed by atoms with van der Waals surface area (Å²) in [5, 5.41) is 5.32. The number of benzene rings is 1. The Morgan fingerprint density at radius 1 is 1.21 bits per heavy atom. The van der Waals surface area contributed by atoms with E-state index in [2.05, 4.69) is 14.7 Å². The molecular formula is C23H27N7O2S2. The molecule has 0 spiro atoms. The van der Waals surface area contributed by atoms with Crippen LogP contribution in [0.2, 0.25) is 0 Å². The van der Waals surface area contributed by atoms with Crippen LogP contribution >= 0.6 is 11.3 Å². The van der Waals surface area contributed by atoms with Crippen LogP contribution in [-0.4, -0.2) is 72.3 Å². The first-order chi connectivity index (χ1) is 16.7.